The van der Waals surface area contributed by atoms with Crippen LogP contribution in [-0.4, -0.2) is 18.3 Å². The Morgan fingerprint density at radius 1 is 0.931 bits per heavy atom. The number of carbonyl (C=O) groups excluding carboxylic acids is 1. The summed E-state index contributed by atoms with van der Waals surface area (Å²) in [5.74, 6) is -4.72. The number of hydrogen-bond acceptors (Lipinski definition) is 2. The van der Waals surface area contributed by atoms with E-state index in [-0.39, 0.29) is 5.56 Å². The zero-order valence-corrected chi connectivity index (χ0v) is 16.5. The van der Waals surface area contributed by atoms with Crippen molar-refractivity contribution in [1.29, 1.82) is 0 Å². The SMILES string of the molecule is Cc1ccc(N2CCc3ccccc3C2C(F)(F)C(=O)c2ccccc2)cc1C. The highest BCUT2D eigenvalue weighted by molar-refractivity contribution is 6.02. The summed E-state index contributed by atoms with van der Waals surface area (Å²) in [5.41, 5.74) is 4.28. The van der Waals surface area contributed by atoms with Crippen molar-refractivity contribution in [3.05, 3.63) is 101 Å². The Morgan fingerprint density at radius 3 is 2.34 bits per heavy atom. The summed E-state index contributed by atoms with van der Waals surface area (Å²) < 4.78 is 31.6. The van der Waals surface area contributed by atoms with Crippen LogP contribution in [0.15, 0.2) is 72.8 Å². The maximum absolute atomic E-state index is 15.8. The number of carbonyl (C=O) groups is 1. The zero-order chi connectivity index (χ0) is 20.6. The molecule has 0 spiro atoms. The summed E-state index contributed by atoms with van der Waals surface area (Å²) in [6.07, 6.45) is 0.662. The highest BCUT2D eigenvalue weighted by Gasteiger charge is 2.52. The molecule has 1 unspecified atom stereocenters. The van der Waals surface area contributed by atoms with Gasteiger partial charge in [0.2, 0.25) is 5.78 Å². The molecule has 0 radical (unpaired) electrons. The molecule has 29 heavy (non-hydrogen) atoms. The van der Waals surface area contributed by atoms with Gasteiger partial charge in [-0.3, -0.25) is 4.79 Å². The molecule has 0 aromatic heterocycles. The van der Waals surface area contributed by atoms with E-state index in [0.29, 0.717) is 24.2 Å². The van der Waals surface area contributed by atoms with Gasteiger partial charge in [0, 0.05) is 17.8 Å². The van der Waals surface area contributed by atoms with Crippen LogP contribution in [-0.2, 0) is 6.42 Å². The van der Waals surface area contributed by atoms with Crippen LogP contribution in [0, 0.1) is 13.8 Å². The van der Waals surface area contributed by atoms with Crippen molar-refractivity contribution in [2.75, 3.05) is 11.4 Å². The van der Waals surface area contributed by atoms with E-state index >= 15 is 8.78 Å². The molecule has 0 fully saturated rings. The highest BCUT2D eigenvalue weighted by Crippen LogP contribution is 2.45. The molecule has 1 heterocycles. The third-order valence-electron chi connectivity index (χ3n) is 5.79. The van der Waals surface area contributed by atoms with Crippen molar-refractivity contribution < 1.29 is 13.6 Å². The first kappa shape index (κ1) is 19.3. The van der Waals surface area contributed by atoms with Crippen molar-refractivity contribution in [3.8, 4) is 0 Å². The van der Waals surface area contributed by atoms with Crippen LogP contribution in [0.5, 0.6) is 0 Å². The van der Waals surface area contributed by atoms with Crippen LogP contribution in [0.2, 0.25) is 0 Å². The molecule has 0 N–H and O–H groups in total. The van der Waals surface area contributed by atoms with Crippen molar-refractivity contribution in [3.63, 3.8) is 0 Å². The lowest BCUT2D eigenvalue weighted by Crippen LogP contribution is -2.49. The van der Waals surface area contributed by atoms with Crippen LogP contribution in [0.1, 0.15) is 38.7 Å². The second-order valence-electron chi connectivity index (χ2n) is 7.63. The Hall–Kier alpha value is -3.01. The third-order valence-corrected chi connectivity index (χ3v) is 5.79. The predicted molar refractivity (Wildman–Crippen MR) is 112 cm³/mol. The number of nitrogens with zero attached hydrogens (tertiary/aromatic N) is 1. The molecule has 0 saturated carbocycles. The Bertz CT molecular complexity index is 1050. The van der Waals surface area contributed by atoms with Gasteiger partial charge in [-0.15, -0.1) is 0 Å². The number of ketones is 1. The number of Topliss-reactive ketones (excluding diaryl/α,β-unsaturated/α-hetero) is 1. The molecular formula is C25H23F2NO. The first-order chi connectivity index (χ1) is 13.9. The second-order valence-corrected chi connectivity index (χ2v) is 7.63. The lowest BCUT2D eigenvalue weighted by molar-refractivity contribution is -0.0104. The summed E-state index contributed by atoms with van der Waals surface area (Å²) in [4.78, 5) is 14.6. The van der Waals surface area contributed by atoms with Gasteiger partial charge in [-0.25, -0.2) is 0 Å². The minimum atomic E-state index is -3.57. The van der Waals surface area contributed by atoms with E-state index in [1.54, 1.807) is 35.2 Å². The predicted octanol–water partition coefficient (Wildman–Crippen LogP) is 5.93. The summed E-state index contributed by atoms with van der Waals surface area (Å²) in [6, 6.07) is 19.5. The van der Waals surface area contributed by atoms with Gasteiger partial charge in [-0.05, 0) is 54.7 Å². The van der Waals surface area contributed by atoms with Gasteiger partial charge in [0.1, 0.15) is 6.04 Å². The summed E-state index contributed by atoms with van der Waals surface area (Å²) in [5, 5.41) is 0. The van der Waals surface area contributed by atoms with Gasteiger partial charge in [0.05, 0.1) is 0 Å². The van der Waals surface area contributed by atoms with Crippen molar-refractivity contribution in [2.24, 2.45) is 0 Å². The van der Waals surface area contributed by atoms with Crippen LogP contribution >= 0.6 is 0 Å². The largest absolute Gasteiger partial charge is 0.358 e. The molecule has 4 rings (SSSR count). The fourth-order valence-electron chi connectivity index (χ4n) is 4.05. The van der Waals surface area contributed by atoms with Crippen LogP contribution in [0.4, 0.5) is 14.5 Å². The molecule has 2 nitrogen and oxygen atoms in total. The number of fused-ring (bicyclic) bond motifs is 1. The molecule has 0 amide bonds. The van der Waals surface area contributed by atoms with E-state index in [4.69, 9.17) is 0 Å². The summed E-state index contributed by atoms with van der Waals surface area (Å²) in [7, 11) is 0. The van der Waals surface area contributed by atoms with Gasteiger partial charge < -0.3 is 4.90 Å². The standard InChI is InChI=1S/C25H23F2NO/c1-17-12-13-21(16-18(17)2)28-15-14-19-8-6-7-11-22(19)23(28)25(26,27)24(29)20-9-4-3-5-10-20/h3-13,16,23H,14-15H2,1-2H3. The van der Waals surface area contributed by atoms with E-state index in [0.717, 1.165) is 16.7 Å². The topological polar surface area (TPSA) is 20.3 Å². The second kappa shape index (κ2) is 7.43. The Labute approximate surface area is 169 Å². The average molecular weight is 391 g/mol. The first-order valence-electron chi connectivity index (χ1n) is 9.79. The van der Waals surface area contributed by atoms with E-state index < -0.39 is 17.7 Å². The van der Waals surface area contributed by atoms with Crippen molar-refractivity contribution in [2.45, 2.75) is 32.2 Å². The molecule has 0 saturated heterocycles. The summed E-state index contributed by atoms with van der Waals surface area (Å²) >= 11 is 0. The number of aryl methyl sites for hydroxylation is 2. The minimum absolute atomic E-state index is 0.0283. The fourth-order valence-corrected chi connectivity index (χ4v) is 4.05. The summed E-state index contributed by atoms with van der Waals surface area (Å²) in [6.45, 7) is 4.40. The quantitative estimate of drug-likeness (QED) is 0.514. The van der Waals surface area contributed by atoms with E-state index in [1.807, 2.05) is 44.2 Å². The van der Waals surface area contributed by atoms with Gasteiger partial charge >= 0.3 is 5.92 Å². The van der Waals surface area contributed by atoms with E-state index in [2.05, 4.69) is 0 Å². The molecule has 1 aliphatic rings. The average Bonchev–Trinajstić information content (AvgIpc) is 2.74. The van der Waals surface area contributed by atoms with Crippen molar-refractivity contribution >= 4 is 11.5 Å². The number of rotatable bonds is 4. The van der Waals surface area contributed by atoms with Crippen molar-refractivity contribution in [1.82, 2.24) is 0 Å². The van der Waals surface area contributed by atoms with E-state index in [9.17, 15) is 4.79 Å². The monoisotopic (exact) mass is 391 g/mol. The molecular weight excluding hydrogens is 368 g/mol. The molecule has 3 aromatic carbocycles. The lowest BCUT2D eigenvalue weighted by Gasteiger charge is -2.42. The molecule has 0 bridgehead atoms. The van der Waals surface area contributed by atoms with Crippen LogP contribution < -0.4 is 4.90 Å². The molecule has 3 aromatic rings. The Kier molecular flexibility index (Phi) is 4.95. The lowest BCUT2D eigenvalue weighted by atomic mass is 9.85. The normalized spacial score (nSPS) is 16.4. The van der Waals surface area contributed by atoms with Gasteiger partial charge in [0.15, 0.2) is 0 Å². The maximum Gasteiger partial charge on any atom is 0.333 e. The van der Waals surface area contributed by atoms with Crippen LogP contribution in [0.3, 0.4) is 0 Å². The molecule has 1 aliphatic heterocycles. The smallest absolute Gasteiger partial charge is 0.333 e. The fraction of sp³-hybridized carbons (Fsp3) is 0.240. The molecule has 0 aliphatic carbocycles. The number of alkyl halides is 2. The maximum atomic E-state index is 15.8. The van der Waals surface area contributed by atoms with Gasteiger partial charge in [-0.1, -0.05) is 60.7 Å². The third kappa shape index (κ3) is 3.44. The first-order valence-corrected chi connectivity index (χ1v) is 9.79. The van der Waals surface area contributed by atoms with E-state index in [1.165, 1.54) is 12.1 Å². The minimum Gasteiger partial charge on any atom is -0.358 e. The Morgan fingerprint density at radius 2 is 1.62 bits per heavy atom. The van der Waals surface area contributed by atoms with Crippen LogP contribution in [0.25, 0.3) is 0 Å². The van der Waals surface area contributed by atoms with Gasteiger partial charge in [-0.2, -0.15) is 8.78 Å². The number of hydrogen-bond donors (Lipinski definition) is 0. The number of halogens is 2. The zero-order valence-electron chi connectivity index (χ0n) is 16.5. The molecule has 148 valence electrons. The highest BCUT2D eigenvalue weighted by atomic mass is 19.3. The Balaban J connectivity index is 1.84. The van der Waals surface area contributed by atoms with Gasteiger partial charge in [0.25, 0.3) is 0 Å². The number of benzene rings is 3. The molecule has 1 atom stereocenters. The molecule has 4 heteroatoms. The number of anilines is 1.